The number of benzene rings is 2. The number of hydrogen-bond acceptors (Lipinski definition) is 2. The van der Waals surface area contributed by atoms with E-state index in [1.807, 2.05) is 54.1 Å². The van der Waals surface area contributed by atoms with Gasteiger partial charge >= 0.3 is 0 Å². The molecular formula is C20H23ClN3O+. The summed E-state index contributed by atoms with van der Waals surface area (Å²) in [6, 6.07) is 18.2. The first-order valence-electron chi connectivity index (χ1n) is 8.32. The summed E-state index contributed by atoms with van der Waals surface area (Å²) in [5, 5.41) is 5.31. The molecular weight excluding hydrogens is 334 g/mol. The summed E-state index contributed by atoms with van der Waals surface area (Å²) < 4.78 is 7.02. The third-order valence-electron chi connectivity index (χ3n) is 4.27. The number of ether oxygens (including phenoxy) is 1. The predicted molar refractivity (Wildman–Crippen MR) is 101 cm³/mol. The number of nitrogens with one attached hydrogen (secondary N) is 1. The van der Waals surface area contributed by atoms with Gasteiger partial charge in [-0.05, 0) is 43.3 Å². The van der Waals surface area contributed by atoms with Crippen LogP contribution in [0, 0.1) is 6.92 Å². The number of methoxy groups -OCH3 is 1. The minimum absolute atomic E-state index is 0.692. The summed E-state index contributed by atoms with van der Waals surface area (Å²) in [5.41, 5.74) is 4.32. The maximum absolute atomic E-state index is 6.62. The molecule has 0 saturated heterocycles. The van der Waals surface area contributed by atoms with Crippen LogP contribution in [-0.4, -0.2) is 23.9 Å². The Labute approximate surface area is 153 Å². The molecule has 0 saturated carbocycles. The average Bonchev–Trinajstić information content (AvgIpc) is 2.91. The Hall–Kier alpha value is -2.30. The fraction of sp³-hybridized carbons (Fsp3) is 0.250. The van der Waals surface area contributed by atoms with E-state index in [1.165, 1.54) is 10.5 Å². The van der Waals surface area contributed by atoms with E-state index in [0.717, 1.165) is 35.8 Å². The summed E-state index contributed by atoms with van der Waals surface area (Å²) in [5.74, 6) is 0.879. The van der Waals surface area contributed by atoms with Crippen molar-refractivity contribution in [1.29, 1.82) is 0 Å². The molecule has 1 aromatic heterocycles. The van der Waals surface area contributed by atoms with Gasteiger partial charge in [0.15, 0.2) is 0 Å². The molecule has 0 spiro atoms. The standard InChI is InChI=1S/C20H22ClN3O/c1-15-19(20(21)24(22-15)17-7-5-4-6-8-17)14-23(2)13-16-9-11-18(25-3)12-10-16/h4-12H,13-14H2,1-3H3/p+1. The van der Waals surface area contributed by atoms with E-state index >= 15 is 0 Å². The van der Waals surface area contributed by atoms with Crippen LogP contribution in [0.25, 0.3) is 5.69 Å². The Kier molecular flexibility index (Phi) is 5.41. The lowest BCUT2D eigenvalue weighted by Crippen LogP contribution is -3.06. The normalized spacial score (nSPS) is 12.2. The highest BCUT2D eigenvalue weighted by Gasteiger charge is 2.18. The van der Waals surface area contributed by atoms with Gasteiger partial charge in [-0.2, -0.15) is 5.10 Å². The van der Waals surface area contributed by atoms with Gasteiger partial charge in [0.1, 0.15) is 24.0 Å². The lowest BCUT2D eigenvalue weighted by Gasteiger charge is -2.14. The molecule has 2 aromatic carbocycles. The second kappa shape index (κ2) is 7.72. The van der Waals surface area contributed by atoms with Gasteiger partial charge in [0.25, 0.3) is 0 Å². The zero-order chi connectivity index (χ0) is 17.8. The largest absolute Gasteiger partial charge is 0.497 e. The zero-order valence-corrected chi connectivity index (χ0v) is 15.5. The monoisotopic (exact) mass is 356 g/mol. The number of aromatic nitrogens is 2. The molecule has 4 nitrogen and oxygen atoms in total. The van der Waals surface area contributed by atoms with Gasteiger partial charge in [-0.3, -0.25) is 0 Å². The number of aryl methyl sites for hydroxylation is 1. The van der Waals surface area contributed by atoms with E-state index in [4.69, 9.17) is 16.3 Å². The molecule has 1 atom stereocenters. The molecule has 0 amide bonds. The van der Waals surface area contributed by atoms with Crippen LogP contribution < -0.4 is 9.64 Å². The maximum atomic E-state index is 6.62. The zero-order valence-electron chi connectivity index (χ0n) is 14.8. The van der Waals surface area contributed by atoms with Crippen LogP contribution in [0.5, 0.6) is 5.75 Å². The van der Waals surface area contributed by atoms with Gasteiger partial charge in [-0.1, -0.05) is 29.8 Å². The molecule has 0 aliphatic rings. The first-order chi connectivity index (χ1) is 12.1. The van der Waals surface area contributed by atoms with Gasteiger partial charge in [0.2, 0.25) is 0 Å². The Morgan fingerprint density at radius 1 is 1.04 bits per heavy atom. The SMILES string of the molecule is COc1ccc(C[NH+](C)Cc2c(C)nn(-c3ccccc3)c2Cl)cc1. The van der Waals surface area contributed by atoms with Crippen molar-refractivity contribution in [2.75, 3.05) is 14.2 Å². The Balaban J connectivity index is 1.75. The van der Waals surface area contributed by atoms with E-state index < -0.39 is 0 Å². The van der Waals surface area contributed by atoms with Gasteiger partial charge in [-0.25, -0.2) is 4.68 Å². The van der Waals surface area contributed by atoms with E-state index in [-0.39, 0.29) is 0 Å². The summed E-state index contributed by atoms with van der Waals surface area (Å²) in [6.45, 7) is 3.75. The van der Waals surface area contributed by atoms with Gasteiger partial charge in [-0.15, -0.1) is 0 Å². The first kappa shape index (κ1) is 17.5. The molecule has 0 bridgehead atoms. The van der Waals surface area contributed by atoms with E-state index in [9.17, 15) is 0 Å². The highest BCUT2D eigenvalue weighted by molar-refractivity contribution is 6.30. The number of halogens is 1. The number of para-hydroxylation sites is 1. The van der Waals surface area contributed by atoms with Crippen LogP contribution in [0.15, 0.2) is 54.6 Å². The summed E-state index contributed by atoms with van der Waals surface area (Å²) in [6.07, 6.45) is 0. The highest BCUT2D eigenvalue weighted by Crippen LogP contribution is 2.22. The minimum atomic E-state index is 0.692. The van der Waals surface area contributed by atoms with Crippen LogP contribution in [0.3, 0.4) is 0 Å². The highest BCUT2D eigenvalue weighted by atomic mass is 35.5. The predicted octanol–water partition coefficient (Wildman–Crippen LogP) is 3.06. The number of hydrogen-bond donors (Lipinski definition) is 1. The molecule has 0 fully saturated rings. The Morgan fingerprint density at radius 3 is 2.36 bits per heavy atom. The van der Waals surface area contributed by atoms with E-state index in [0.29, 0.717) is 5.15 Å². The van der Waals surface area contributed by atoms with Gasteiger partial charge < -0.3 is 9.64 Å². The second-order valence-corrected chi connectivity index (χ2v) is 6.62. The topological polar surface area (TPSA) is 31.5 Å². The second-order valence-electron chi connectivity index (χ2n) is 6.26. The quantitative estimate of drug-likeness (QED) is 0.736. The maximum Gasteiger partial charge on any atom is 0.142 e. The van der Waals surface area contributed by atoms with Crippen molar-refractivity contribution in [3.8, 4) is 11.4 Å². The molecule has 0 radical (unpaired) electrons. The van der Waals surface area contributed by atoms with Crippen molar-refractivity contribution < 1.29 is 9.64 Å². The van der Waals surface area contributed by atoms with Crippen molar-refractivity contribution in [2.24, 2.45) is 0 Å². The van der Waals surface area contributed by atoms with E-state index in [1.54, 1.807) is 7.11 Å². The van der Waals surface area contributed by atoms with Gasteiger partial charge in [0, 0.05) is 5.56 Å². The number of nitrogens with zero attached hydrogens (tertiary/aromatic N) is 2. The third kappa shape index (κ3) is 4.03. The molecule has 0 aliphatic carbocycles. The van der Waals surface area contributed by atoms with Crippen LogP contribution in [0.4, 0.5) is 0 Å². The Morgan fingerprint density at radius 2 is 1.72 bits per heavy atom. The van der Waals surface area contributed by atoms with E-state index in [2.05, 4.69) is 24.3 Å². The molecule has 1 unspecified atom stereocenters. The van der Waals surface area contributed by atoms with Crippen LogP contribution in [0.2, 0.25) is 5.15 Å². The first-order valence-corrected chi connectivity index (χ1v) is 8.70. The van der Waals surface area contributed by atoms with Gasteiger partial charge in [0.05, 0.1) is 31.1 Å². The molecule has 3 aromatic rings. The molecule has 0 aliphatic heterocycles. The van der Waals surface area contributed by atoms with Crippen LogP contribution >= 0.6 is 11.6 Å². The van der Waals surface area contributed by atoms with Crippen molar-refractivity contribution >= 4 is 11.6 Å². The lowest BCUT2D eigenvalue weighted by molar-refractivity contribution is -0.907. The molecule has 1 heterocycles. The van der Waals surface area contributed by atoms with Crippen molar-refractivity contribution in [3.05, 3.63) is 76.6 Å². The van der Waals surface area contributed by atoms with Crippen molar-refractivity contribution in [2.45, 2.75) is 20.0 Å². The summed E-state index contributed by atoms with van der Waals surface area (Å²) in [7, 11) is 3.85. The fourth-order valence-corrected chi connectivity index (χ4v) is 3.27. The Bertz CT molecular complexity index is 828. The van der Waals surface area contributed by atoms with Crippen molar-refractivity contribution in [1.82, 2.24) is 9.78 Å². The average molecular weight is 357 g/mol. The number of rotatable bonds is 6. The fourth-order valence-electron chi connectivity index (χ4n) is 2.93. The molecule has 3 rings (SSSR count). The summed E-state index contributed by atoms with van der Waals surface area (Å²) >= 11 is 6.62. The van der Waals surface area contributed by atoms with Crippen LogP contribution in [0.1, 0.15) is 16.8 Å². The molecule has 5 heteroatoms. The number of quaternary nitrogens is 1. The third-order valence-corrected chi connectivity index (χ3v) is 4.65. The summed E-state index contributed by atoms with van der Waals surface area (Å²) in [4.78, 5) is 1.35. The lowest BCUT2D eigenvalue weighted by atomic mass is 10.2. The van der Waals surface area contributed by atoms with Crippen LogP contribution in [-0.2, 0) is 13.1 Å². The minimum Gasteiger partial charge on any atom is -0.497 e. The molecule has 25 heavy (non-hydrogen) atoms. The van der Waals surface area contributed by atoms with Crippen molar-refractivity contribution in [3.63, 3.8) is 0 Å². The molecule has 1 N–H and O–H groups in total. The molecule has 130 valence electrons. The smallest absolute Gasteiger partial charge is 0.142 e.